The van der Waals surface area contributed by atoms with Gasteiger partial charge in [0.25, 0.3) is 0 Å². The zero-order valence-corrected chi connectivity index (χ0v) is 10.9. The third-order valence-corrected chi connectivity index (χ3v) is 1.99. The molecule has 2 amide bonds. The van der Waals surface area contributed by atoms with Crippen molar-refractivity contribution in [1.29, 1.82) is 0 Å². The Hall–Kier alpha value is -2.31. The Labute approximate surface area is 111 Å². The summed E-state index contributed by atoms with van der Waals surface area (Å²) in [7, 11) is 0. The van der Waals surface area contributed by atoms with Gasteiger partial charge in [0.05, 0.1) is 25.1 Å². The highest BCUT2D eigenvalue weighted by Gasteiger charge is 2.06. The molecular weight excluding hydrogens is 250 g/mol. The first-order valence-electron chi connectivity index (χ1n) is 5.95. The second-order valence-corrected chi connectivity index (χ2v) is 3.43. The number of anilines is 1. The van der Waals surface area contributed by atoms with E-state index in [2.05, 4.69) is 20.4 Å². The zero-order valence-electron chi connectivity index (χ0n) is 10.9. The monoisotopic (exact) mass is 267 g/mol. The van der Waals surface area contributed by atoms with Crippen LogP contribution in [0.5, 0.6) is 5.88 Å². The number of pyridine rings is 1. The highest BCUT2D eigenvalue weighted by molar-refractivity contribution is 5.91. The Morgan fingerprint density at radius 3 is 2.63 bits per heavy atom. The molecule has 7 nitrogen and oxygen atoms in total. The molecule has 0 aliphatic heterocycles. The largest absolute Gasteiger partial charge is 0.478 e. The van der Waals surface area contributed by atoms with Crippen LogP contribution in [0.15, 0.2) is 18.3 Å². The number of ether oxygens (including phenoxy) is 2. The van der Waals surface area contributed by atoms with Crippen LogP contribution < -0.4 is 15.4 Å². The Morgan fingerprint density at radius 1 is 1.26 bits per heavy atom. The molecular formula is C12H17N3O4. The fourth-order valence-electron chi connectivity index (χ4n) is 1.23. The summed E-state index contributed by atoms with van der Waals surface area (Å²) in [6.07, 6.45) is 1.47. The second-order valence-electron chi connectivity index (χ2n) is 3.43. The van der Waals surface area contributed by atoms with Gasteiger partial charge in [0, 0.05) is 6.07 Å². The van der Waals surface area contributed by atoms with E-state index in [1.807, 2.05) is 6.92 Å². The SMILES string of the molecule is CCOC(=O)CNC(=O)Nc1ccc(OCC)nc1. The number of aromatic nitrogens is 1. The number of urea groups is 1. The van der Waals surface area contributed by atoms with Crippen LogP contribution in [-0.4, -0.2) is 36.7 Å². The summed E-state index contributed by atoms with van der Waals surface area (Å²) in [5.41, 5.74) is 0.504. The van der Waals surface area contributed by atoms with Gasteiger partial charge in [-0.1, -0.05) is 0 Å². The summed E-state index contributed by atoms with van der Waals surface area (Å²) in [5, 5.41) is 4.90. The van der Waals surface area contributed by atoms with Gasteiger partial charge in [-0.15, -0.1) is 0 Å². The minimum absolute atomic E-state index is 0.176. The minimum Gasteiger partial charge on any atom is -0.478 e. The first-order valence-corrected chi connectivity index (χ1v) is 5.95. The highest BCUT2D eigenvalue weighted by Crippen LogP contribution is 2.11. The molecule has 0 radical (unpaired) electrons. The van der Waals surface area contributed by atoms with Crippen LogP contribution >= 0.6 is 0 Å². The maximum Gasteiger partial charge on any atom is 0.325 e. The molecule has 0 aromatic carbocycles. The Morgan fingerprint density at radius 2 is 2.05 bits per heavy atom. The average molecular weight is 267 g/mol. The van der Waals surface area contributed by atoms with Crippen LogP contribution in [0.25, 0.3) is 0 Å². The van der Waals surface area contributed by atoms with Crippen molar-refractivity contribution in [2.45, 2.75) is 13.8 Å². The lowest BCUT2D eigenvalue weighted by atomic mass is 10.4. The third kappa shape index (κ3) is 5.71. The van der Waals surface area contributed by atoms with Gasteiger partial charge in [-0.05, 0) is 19.9 Å². The van der Waals surface area contributed by atoms with Gasteiger partial charge in [0.15, 0.2) is 0 Å². The first-order chi connectivity index (χ1) is 9.15. The van der Waals surface area contributed by atoms with Gasteiger partial charge < -0.3 is 20.1 Å². The Kier molecular flexibility index (Phi) is 6.14. The van der Waals surface area contributed by atoms with E-state index in [9.17, 15) is 9.59 Å². The van der Waals surface area contributed by atoms with E-state index in [-0.39, 0.29) is 13.2 Å². The van der Waals surface area contributed by atoms with Crippen LogP contribution in [-0.2, 0) is 9.53 Å². The number of rotatable bonds is 6. The molecule has 0 spiro atoms. The Balaban J connectivity index is 2.37. The fourth-order valence-corrected chi connectivity index (χ4v) is 1.23. The third-order valence-electron chi connectivity index (χ3n) is 1.99. The second kappa shape index (κ2) is 7.91. The van der Waals surface area contributed by atoms with E-state index in [1.54, 1.807) is 19.1 Å². The van der Waals surface area contributed by atoms with Crippen molar-refractivity contribution in [3.05, 3.63) is 18.3 Å². The van der Waals surface area contributed by atoms with E-state index in [0.717, 1.165) is 0 Å². The lowest BCUT2D eigenvalue weighted by Gasteiger charge is -2.07. The van der Waals surface area contributed by atoms with Crippen molar-refractivity contribution in [1.82, 2.24) is 10.3 Å². The van der Waals surface area contributed by atoms with Gasteiger partial charge in [-0.2, -0.15) is 0 Å². The molecule has 2 N–H and O–H groups in total. The number of esters is 1. The molecule has 0 bridgehead atoms. The number of nitrogens with zero attached hydrogens (tertiary/aromatic N) is 1. The number of amides is 2. The molecule has 0 unspecified atom stereocenters. The summed E-state index contributed by atoms with van der Waals surface area (Å²) in [5.74, 6) is 0.00227. The maximum atomic E-state index is 11.4. The number of carbonyl (C=O) groups is 2. The van der Waals surface area contributed by atoms with Crippen molar-refractivity contribution >= 4 is 17.7 Å². The molecule has 1 rings (SSSR count). The maximum absolute atomic E-state index is 11.4. The smallest absolute Gasteiger partial charge is 0.325 e. The van der Waals surface area contributed by atoms with Gasteiger partial charge in [-0.3, -0.25) is 4.79 Å². The molecule has 1 heterocycles. The molecule has 1 aromatic rings. The Bertz CT molecular complexity index is 419. The molecule has 0 aliphatic rings. The summed E-state index contributed by atoms with van der Waals surface area (Å²) in [6, 6.07) is 2.80. The summed E-state index contributed by atoms with van der Waals surface area (Å²) < 4.78 is 9.85. The number of carbonyl (C=O) groups excluding carboxylic acids is 2. The number of nitrogens with one attached hydrogen (secondary N) is 2. The van der Waals surface area contributed by atoms with E-state index in [1.165, 1.54) is 6.20 Å². The van der Waals surface area contributed by atoms with Gasteiger partial charge in [0.2, 0.25) is 5.88 Å². The highest BCUT2D eigenvalue weighted by atomic mass is 16.5. The number of hydrogen-bond acceptors (Lipinski definition) is 5. The van der Waals surface area contributed by atoms with Crippen LogP contribution in [0.4, 0.5) is 10.5 Å². The first kappa shape index (κ1) is 14.7. The average Bonchev–Trinajstić information content (AvgIpc) is 2.39. The molecule has 0 fully saturated rings. The topological polar surface area (TPSA) is 89.5 Å². The zero-order chi connectivity index (χ0) is 14.1. The van der Waals surface area contributed by atoms with Gasteiger partial charge >= 0.3 is 12.0 Å². The van der Waals surface area contributed by atoms with Crippen molar-refractivity contribution < 1.29 is 19.1 Å². The molecule has 0 aliphatic carbocycles. The normalized spacial score (nSPS) is 9.58. The van der Waals surface area contributed by atoms with E-state index < -0.39 is 12.0 Å². The van der Waals surface area contributed by atoms with Crippen molar-refractivity contribution in [2.75, 3.05) is 25.1 Å². The lowest BCUT2D eigenvalue weighted by Crippen LogP contribution is -2.34. The molecule has 7 heteroatoms. The minimum atomic E-state index is -0.501. The van der Waals surface area contributed by atoms with Crippen molar-refractivity contribution in [3.63, 3.8) is 0 Å². The lowest BCUT2D eigenvalue weighted by molar-refractivity contribution is -0.141. The molecule has 0 saturated heterocycles. The molecule has 1 aromatic heterocycles. The van der Waals surface area contributed by atoms with Gasteiger partial charge in [-0.25, -0.2) is 9.78 Å². The summed E-state index contributed by atoms with van der Waals surface area (Å²) >= 11 is 0. The van der Waals surface area contributed by atoms with E-state index in [0.29, 0.717) is 18.2 Å². The van der Waals surface area contributed by atoms with Crippen molar-refractivity contribution in [3.8, 4) is 5.88 Å². The predicted molar refractivity (Wildman–Crippen MR) is 69.1 cm³/mol. The summed E-state index contributed by atoms with van der Waals surface area (Å²) in [4.78, 5) is 26.5. The number of hydrogen-bond donors (Lipinski definition) is 2. The fraction of sp³-hybridized carbons (Fsp3) is 0.417. The van der Waals surface area contributed by atoms with E-state index in [4.69, 9.17) is 4.74 Å². The van der Waals surface area contributed by atoms with Crippen LogP contribution in [0, 0.1) is 0 Å². The molecule has 0 atom stereocenters. The summed E-state index contributed by atoms with van der Waals surface area (Å²) in [6.45, 7) is 4.19. The van der Waals surface area contributed by atoms with Crippen molar-refractivity contribution in [2.24, 2.45) is 0 Å². The quantitative estimate of drug-likeness (QED) is 0.755. The van der Waals surface area contributed by atoms with Crippen LogP contribution in [0.1, 0.15) is 13.8 Å². The standard InChI is InChI=1S/C12H17N3O4/c1-3-18-10-6-5-9(7-13-10)15-12(17)14-8-11(16)19-4-2/h5-7H,3-4,8H2,1-2H3,(H2,14,15,17). The van der Waals surface area contributed by atoms with E-state index >= 15 is 0 Å². The molecule has 104 valence electrons. The van der Waals surface area contributed by atoms with Crippen LogP contribution in [0.2, 0.25) is 0 Å². The van der Waals surface area contributed by atoms with Crippen LogP contribution in [0.3, 0.4) is 0 Å². The van der Waals surface area contributed by atoms with Gasteiger partial charge in [0.1, 0.15) is 6.54 Å². The molecule has 0 saturated carbocycles. The molecule has 19 heavy (non-hydrogen) atoms. The predicted octanol–water partition coefficient (Wildman–Crippen LogP) is 1.16.